The lowest BCUT2D eigenvalue weighted by Gasteiger charge is -2.26. The van der Waals surface area contributed by atoms with Crippen LogP contribution in [0.15, 0.2) is 60.8 Å². The summed E-state index contributed by atoms with van der Waals surface area (Å²) in [4.78, 5) is 31.4. The first-order valence-corrected chi connectivity index (χ1v) is 11.4. The zero-order valence-electron chi connectivity index (χ0n) is 17.3. The second-order valence-corrected chi connectivity index (χ2v) is 10.2. The lowest BCUT2D eigenvalue weighted by Crippen LogP contribution is -2.17. The average Bonchev–Trinajstić information content (AvgIpc) is 3.07. The van der Waals surface area contributed by atoms with Crippen LogP contribution < -0.4 is 5.32 Å². The highest BCUT2D eigenvalue weighted by molar-refractivity contribution is 7.53. The van der Waals surface area contributed by atoms with E-state index in [0.29, 0.717) is 16.3 Å². The number of carbonyl (C=O) groups excluding carboxylic acids is 1. The van der Waals surface area contributed by atoms with Crippen LogP contribution in [-0.2, 0) is 21.6 Å². The predicted octanol–water partition coefficient (Wildman–Crippen LogP) is 4.81. The predicted molar refractivity (Wildman–Crippen MR) is 123 cm³/mol. The minimum absolute atomic E-state index is 0.340. The molecule has 0 aliphatic heterocycles. The quantitative estimate of drug-likeness (QED) is 0.362. The van der Waals surface area contributed by atoms with E-state index >= 15 is 0 Å². The normalized spacial score (nSPS) is 12.3. The molecule has 1 amide bonds. The molecule has 0 saturated heterocycles. The lowest BCUT2D eigenvalue weighted by atomic mass is 10.0. The number of halogens is 1. The van der Waals surface area contributed by atoms with Gasteiger partial charge in [0.15, 0.2) is 0 Å². The van der Waals surface area contributed by atoms with Gasteiger partial charge in [-0.2, -0.15) is 5.10 Å². The number of aryl methyl sites for hydroxylation is 1. The van der Waals surface area contributed by atoms with Gasteiger partial charge in [0.25, 0.3) is 0 Å². The van der Waals surface area contributed by atoms with Gasteiger partial charge in [-0.05, 0) is 49.8 Å². The molecule has 0 bridgehead atoms. The fourth-order valence-corrected chi connectivity index (χ4v) is 3.63. The van der Waals surface area contributed by atoms with Crippen molar-refractivity contribution >= 4 is 36.9 Å². The van der Waals surface area contributed by atoms with E-state index in [2.05, 4.69) is 10.4 Å². The molecule has 31 heavy (non-hydrogen) atoms. The van der Waals surface area contributed by atoms with Crippen LogP contribution in [0.25, 0.3) is 17.3 Å². The monoisotopic (exact) mass is 459 g/mol. The van der Waals surface area contributed by atoms with Crippen molar-refractivity contribution < 1.29 is 19.1 Å². The average molecular weight is 460 g/mol. The van der Waals surface area contributed by atoms with E-state index in [4.69, 9.17) is 11.6 Å². The van der Waals surface area contributed by atoms with Crippen molar-refractivity contribution in [1.29, 1.82) is 0 Å². The molecular weight excluding hydrogens is 437 g/mol. The number of aromatic nitrogens is 2. The molecular formula is C22H23ClN3O4P. The van der Waals surface area contributed by atoms with Gasteiger partial charge in [0.2, 0.25) is 5.91 Å². The molecule has 0 aliphatic carbocycles. The molecule has 0 aliphatic rings. The van der Waals surface area contributed by atoms with Gasteiger partial charge in [0.05, 0.1) is 17.0 Å². The largest absolute Gasteiger partial charge is 0.335 e. The number of amides is 1. The van der Waals surface area contributed by atoms with E-state index in [-0.39, 0.29) is 5.91 Å². The fourth-order valence-electron chi connectivity index (χ4n) is 3.02. The van der Waals surface area contributed by atoms with E-state index in [9.17, 15) is 19.1 Å². The van der Waals surface area contributed by atoms with E-state index in [0.717, 1.165) is 16.8 Å². The minimum Gasteiger partial charge on any atom is -0.324 e. The summed E-state index contributed by atoms with van der Waals surface area (Å²) >= 11 is 5.96. The topological polar surface area (TPSA) is 104 Å². The molecule has 3 rings (SSSR count). The van der Waals surface area contributed by atoms with Crippen LogP contribution in [0, 0.1) is 0 Å². The Morgan fingerprint density at radius 1 is 1.13 bits per heavy atom. The van der Waals surface area contributed by atoms with E-state index in [1.807, 2.05) is 19.2 Å². The number of hydrogen-bond acceptors (Lipinski definition) is 3. The van der Waals surface area contributed by atoms with Crippen molar-refractivity contribution in [2.75, 3.05) is 5.32 Å². The molecule has 162 valence electrons. The second-order valence-electron chi connectivity index (χ2n) is 7.58. The van der Waals surface area contributed by atoms with Crippen molar-refractivity contribution in [3.8, 4) is 11.3 Å². The standard InChI is InChI=1S/C22H23ClN3O4P/c1-22(2,31(28,29)30)17-7-11-19(12-8-17)25-20(27)13-6-16-14-24-26(3)21(16)15-4-9-18(23)10-5-15/h4-14H,1-3H3,(H,25,27)(H2,28,29,30)/b13-6+. The van der Waals surface area contributed by atoms with Crippen LogP contribution in [0.2, 0.25) is 5.02 Å². The molecule has 3 N–H and O–H groups in total. The third-order valence-electron chi connectivity index (χ3n) is 5.09. The highest BCUT2D eigenvalue weighted by atomic mass is 35.5. The smallest absolute Gasteiger partial charge is 0.324 e. The van der Waals surface area contributed by atoms with Crippen molar-refractivity contribution in [3.05, 3.63) is 77.0 Å². The lowest BCUT2D eigenvalue weighted by molar-refractivity contribution is -0.111. The SMILES string of the molecule is Cn1ncc(/C=C/C(=O)Nc2ccc(C(C)(C)P(=O)(O)O)cc2)c1-c1ccc(Cl)cc1. The highest BCUT2D eigenvalue weighted by Crippen LogP contribution is 2.56. The van der Waals surface area contributed by atoms with Gasteiger partial charge in [-0.1, -0.05) is 35.9 Å². The van der Waals surface area contributed by atoms with Crippen molar-refractivity contribution in [3.63, 3.8) is 0 Å². The zero-order chi connectivity index (χ0) is 22.8. The number of hydrogen-bond donors (Lipinski definition) is 3. The Morgan fingerprint density at radius 3 is 2.32 bits per heavy atom. The number of carbonyl (C=O) groups is 1. The Bertz CT molecular complexity index is 1160. The molecule has 0 atom stereocenters. The summed E-state index contributed by atoms with van der Waals surface area (Å²) in [6.07, 6.45) is 4.76. The van der Waals surface area contributed by atoms with Gasteiger partial charge in [-0.3, -0.25) is 14.0 Å². The minimum atomic E-state index is -4.32. The first-order chi connectivity index (χ1) is 14.5. The van der Waals surface area contributed by atoms with E-state index in [1.165, 1.54) is 19.9 Å². The molecule has 0 radical (unpaired) electrons. The highest BCUT2D eigenvalue weighted by Gasteiger charge is 2.39. The zero-order valence-corrected chi connectivity index (χ0v) is 18.9. The first kappa shape index (κ1) is 23.0. The van der Waals surface area contributed by atoms with Crippen LogP contribution in [0.5, 0.6) is 0 Å². The maximum Gasteiger partial charge on any atom is 0.335 e. The number of benzene rings is 2. The second kappa shape index (κ2) is 8.81. The molecule has 0 unspecified atom stereocenters. The van der Waals surface area contributed by atoms with Gasteiger partial charge < -0.3 is 15.1 Å². The van der Waals surface area contributed by atoms with Crippen LogP contribution in [0.1, 0.15) is 25.0 Å². The summed E-state index contributed by atoms with van der Waals surface area (Å²) in [5.41, 5.74) is 3.55. The van der Waals surface area contributed by atoms with Gasteiger partial charge in [-0.15, -0.1) is 0 Å². The number of nitrogens with zero attached hydrogens (tertiary/aromatic N) is 2. The fraction of sp³-hybridized carbons (Fsp3) is 0.182. The number of anilines is 1. The summed E-state index contributed by atoms with van der Waals surface area (Å²) in [6, 6.07) is 13.8. The summed E-state index contributed by atoms with van der Waals surface area (Å²) in [5.74, 6) is -0.340. The van der Waals surface area contributed by atoms with Gasteiger partial charge in [0, 0.05) is 35.0 Å². The van der Waals surface area contributed by atoms with Crippen LogP contribution in [0.3, 0.4) is 0 Å². The van der Waals surface area contributed by atoms with E-state index < -0.39 is 12.8 Å². The molecule has 1 heterocycles. The van der Waals surface area contributed by atoms with Gasteiger partial charge >= 0.3 is 7.60 Å². The Morgan fingerprint density at radius 2 is 1.74 bits per heavy atom. The summed E-state index contributed by atoms with van der Waals surface area (Å²) in [5, 5.41) is 6.33. The third kappa shape index (κ3) is 5.14. The molecule has 1 aromatic heterocycles. The first-order valence-electron chi connectivity index (χ1n) is 9.42. The number of rotatable bonds is 6. The molecule has 0 saturated carbocycles. The molecule has 0 fully saturated rings. The Kier molecular flexibility index (Phi) is 6.53. The Labute approximate surface area is 185 Å². The van der Waals surface area contributed by atoms with Crippen LogP contribution in [-0.4, -0.2) is 25.5 Å². The van der Waals surface area contributed by atoms with Crippen molar-refractivity contribution in [2.45, 2.75) is 19.0 Å². The maximum absolute atomic E-state index is 12.4. The Hall–Kier alpha value is -2.70. The summed E-state index contributed by atoms with van der Waals surface area (Å²) in [7, 11) is -2.50. The van der Waals surface area contributed by atoms with Crippen molar-refractivity contribution in [2.24, 2.45) is 7.05 Å². The number of nitrogens with one attached hydrogen (secondary N) is 1. The van der Waals surface area contributed by atoms with Crippen LogP contribution in [0.4, 0.5) is 5.69 Å². The summed E-state index contributed by atoms with van der Waals surface area (Å²) < 4.78 is 13.4. The van der Waals surface area contributed by atoms with Crippen molar-refractivity contribution in [1.82, 2.24) is 9.78 Å². The van der Waals surface area contributed by atoms with Gasteiger partial charge in [0.1, 0.15) is 0 Å². The summed E-state index contributed by atoms with van der Waals surface area (Å²) in [6.45, 7) is 2.96. The van der Waals surface area contributed by atoms with Crippen LogP contribution >= 0.6 is 19.2 Å². The van der Waals surface area contributed by atoms with E-state index in [1.54, 1.807) is 53.4 Å². The van der Waals surface area contributed by atoms with Gasteiger partial charge in [-0.25, -0.2) is 0 Å². The molecule has 7 nitrogen and oxygen atoms in total. The maximum atomic E-state index is 12.4. The Balaban J connectivity index is 1.74. The molecule has 3 aromatic rings. The molecule has 0 spiro atoms. The third-order valence-corrected chi connectivity index (χ3v) is 7.05. The molecule has 2 aromatic carbocycles. The molecule has 9 heteroatoms.